The molecule has 8 heteroatoms. The minimum Gasteiger partial charge on any atom is -0.494 e. The van der Waals surface area contributed by atoms with Crippen LogP contribution in [0.2, 0.25) is 0 Å². The molecule has 0 spiro atoms. The van der Waals surface area contributed by atoms with Crippen LogP contribution in [-0.4, -0.2) is 43.4 Å². The summed E-state index contributed by atoms with van der Waals surface area (Å²) < 4.78 is 5.39. The van der Waals surface area contributed by atoms with E-state index in [1.54, 1.807) is 38.4 Å². The van der Waals surface area contributed by atoms with E-state index in [1.165, 1.54) is 16.2 Å². The molecule has 0 bridgehead atoms. The number of nitrogens with one attached hydrogen (secondary N) is 2. The molecule has 0 radical (unpaired) electrons. The summed E-state index contributed by atoms with van der Waals surface area (Å²) in [7, 11) is 3.13. The van der Waals surface area contributed by atoms with Crippen molar-refractivity contribution in [1.29, 1.82) is 0 Å². The van der Waals surface area contributed by atoms with E-state index in [2.05, 4.69) is 10.6 Å². The van der Waals surface area contributed by atoms with Crippen LogP contribution in [0.25, 0.3) is 0 Å². The second kappa shape index (κ2) is 8.43. The number of carbonyl (C=O) groups excluding carboxylic acids is 3. The highest BCUT2D eigenvalue weighted by Gasteiger charge is 2.28. The molecule has 2 aromatic rings. The molecule has 0 unspecified atom stereocenters. The quantitative estimate of drug-likeness (QED) is 0.805. The maximum Gasteiger partial charge on any atom is 0.323 e. The van der Waals surface area contributed by atoms with Gasteiger partial charge in [0.25, 0.3) is 11.8 Å². The van der Waals surface area contributed by atoms with E-state index >= 15 is 0 Å². The largest absolute Gasteiger partial charge is 0.494 e. The lowest BCUT2D eigenvalue weighted by atomic mass is 10.1. The number of hydrogen-bond acceptors (Lipinski definition) is 5. The number of nitrogens with zero attached hydrogens (tertiary/aromatic N) is 1. The van der Waals surface area contributed by atoms with Crippen molar-refractivity contribution >= 4 is 34.2 Å². The molecule has 28 heavy (non-hydrogen) atoms. The highest BCUT2D eigenvalue weighted by molar-refractivity contribution is 7.17. The van der Waals surface area contributed by atoms with Crippen LogP contribution < -0.4 is 15.4 Å². The number of benzene rings is 1. The van der Waals surface area contributed by atoms with Gasteiger partial charge in [0, 0.05) is 24.5 Å². The molecule has 2 N–H and O–H groups in total. The van der Waals surface area contributed by atoms with Gasteiger partial charge in [-0.15, -0.1) is 11.3 Å². The number of urea groups is 1. The number of amides is 4. The Morgan fingerprint density at radius 1 is 1.11 bits per heavy atom. The first-order valence-electron chi connectivity index (χ1n) is 9.12. The van der Waals surface area contributed by atoms with E-state index in [-0.39, 0.29) is 5.91 Å². The van der Waals surface area contributed by atoms with E-state index in [1.807, 2.05) is 6.92 Å². The number of hydrogen-bond donors (Lipinski definition) is 2. The number of aryl methyl sites for hydroxylation is 1. The molecule has 1 aromatic heterocycles. The monoisotopic (exact) mass is 401 g/mol. The standard InChI is InChI=1S/C20H23N3O4S/c1-4-27-13-10-8-12(9-11-13)17(24)21-19-16(14-6-5-7-15(14)28-19)18(25)22-20(26)23(2)3/h8-11H,4-7H2,1-3H3,(H,21,24)(H,22,25,26). The van der Waals surface area contributed by atoms with Crippen molar-refractivity contribution in [3.05, 3.63) is 45.8 Å². The molecular formula is C20H23N3O4S. The number of carbonyl (C=O) groups is 3. The molecule has 0 fully saturated rings. The minimum atomic E-state index is -0.494. The van der Waals surface area contributed by atoms with Gasteiger partial charge < -0.3 is 15.0 Å². The summed E-state index contributed by atoms with van der Waals surface area (Å²) in [6.45, 7) is 2.45. The normalized spacial score (nSPS) is 12.2. The first-order chi connectivity index (χ1) is 13.4. The molecule has 7 nitrogen and oxygen atoms in total. The van der Waals surface area contributed by atoms with Crippen molar-refractivity contribution in [3.8, 4) is 5.75 Å². The van der Waals surface area contributed by atoms with Crippen molar-refractivity contribution in [3.63, 3.8) is 0 Å². The lowest BCUT2D eigenvalue weighted by molar-refractivity contribution is 0.0957. The number of ether oxygens (including phenoxy) is 1. The summed E-state index contributed by atoms with van der Waals surface area (Å²) >= 11 is 1.40. The van der Waals surface area contributed by atoms with Crippen LogP contribution in [0.4, 0.5) is 9.80 Å². The molecule has 0 aliphatic heterocycles. The minimum absolute atomic E-state index is 0.309. The van der Waals surface area contributed by atoms with Gasteiger partial charge in [-0.3, -0.25) is 14.9 Å². The molecule has 0 atom stereocenters. The number of imide groups is 1. The number of fused-ring (bicyclic) bond motifs is 1. The van der Waals surface area contributed by atoms with Gasteiger partial charge in [-0.1, -0.05) is 0 Å². The van der Waals surface area contributed by atoms with E-state index in [0.29, 0.717) is 28.5 Å². The molecule has 1 aromatic carbocycles. The molecule has 148 valence electrons. The molecule has 0 saturated heterocycles. The molecule has 4 amide bonds. The van der Waals surface area contributed by atoms with Crippen LogP contribution in [-0.2, 0) is 12.8 Å². The van der Waals surface area contributed by atoms with Gasteiger partial charge in [-0.25, -0.2) is 4.79 Å². The fraction of sp³-hybridized carbons (Fsp3) is 0.350. The Balaban J connectivity index is 1.83. The van der Waals surface area contributed by atoms with E-state index in [9.17, 15) is 14.4 Å². The summed E-state index contributed by atoms with van der Waals surface area (Å²) in [6, 6.07) is 6.33. The topological polar surface area (TPSA) is 87.7 Å². The zero-order valence-electron chi connectivity index (χ0n) is 16.1. The van der Waals surface area contributed by atoms with Crippen molar-refractivity contribution in [2.75, 3.05) is 26.0 Å². The highest BCUT2D eigenvalue weighted by Crippen LogP contribution is 2.39. The van der Waals surface area contributed by atoms with Crippen LogP contribution in [0.5, 0.6) is 5.75 Å². The summed E-state index contributed by atoms with van der Waals surface area (Å²) in [5.74, 6) is -0.104. The maximum atomic E-state index is 12.7. The summed E-state index contributed by atoms with van der Waals surface area (Å²) in [4.78, 5) is 39.6. The predicted octanol–water partition coefficient (Wildman–Crippen LogP) is 3.30. The van der Waals surface area contributed by atoms with E-state index < -0.39 is 11.9 Å². The summed E-state index contributed by atoms with van der Waals surface area (Å²) in [5, 5.41) is 5.70. The smallest absolute Gasteiger partial charge is 0.323 e. The van der Waals surface area contributed by atoms with Crippen molar-refractivity contribution in [1.82, 2.24) is 10.2 Å². The van der Waals surface area contributed by atoms with Crippen LogP contribution in [0.3, 0.4) is 0 Å². The second-order valence-electron chi connectivity index (χ2n) is 6.63. The average molecular weight is 401 g/mol. The molecular weight excluding hydrogens is 378 g/mol. The molecule has 1 aliphatic rings. The van der Waals surface area contributed by atoms with Crippen molar-refractivity contribution in [2.45, 2.75) is 26.2 Å². The third-order valence-electron chi connectivity index (χ3n) is 4.43. The fourth-order valence-electron chi connectivity index (χ4n) is 3.05. The van der Waals surface area contributed by atoms with E-state index in [0.717, 1.165) is 29.7 Å². The predicted molar refractivity (Wildman–Crippen MR) is 108 cm³/mol. The van der Waals surface area contributed by atoms with Crippen molar-refractivity contribution in [2.24, 2.45) is 0 Å². The Morgan fingerprint density at radius 2 is 1.82 bits per heavy atom. The number of thiophene rings is 1. The Labute approximate surface area is 167 Å². The fourth-order valence-corrected chi connectivity index (χ4v) is 4.33. The van der Waals surface area contributed by atoms with Gasteiger partial charge >= 0.3 is 6.03 Å². The Kier molecular flexibility index (Phi) is 5.99. The van der Waals surface area contributed by atoms with Gasteiger partial charge in [0.15, 0.2) is 0 Å². The first-order valence-corrected chi connectivity index (χ1v) is 9.93. The Bertz CT molecular complexity index is 903. The van der Waals surface area contributed by atoms with Crippen molar-refractivity contribution < 1.29 is 19.1 Å². The number of rotatable bonds is 5. The molecule has 1 heterocycles. The van der Waals surface area contributed by atoms with Gasteiger partial charge in [-0.05, 0) is 56.0 Å². The highest BCUT2D eigenvalue weighted by atomic mass is 32.1. The average Bonchev–Trinajstić information content (AvgIpc) is 3.22. The van der Waals surface area contributed by atoms with Crippen LogP contribution in [0.15, 0.2) is 24.3 Å². The SMILES string of the molecule is CCOc1ccc(C(=O)Nc2sc3c(c2C(=O)NC(=O)N(C)C)CCC3)cc1. The van der Waals surface area contributed by atoms with Crippen LogP contribution >= 0.6 is 11.3 Å². The van der Waals surface area contributed by atoms with E-state index in [4.69, 9.17) is 4.74 Å². The Morgan fingerprint density at radius 3 is 2.46 bits per heavy atom. The zero-order chi connectivity index (χ0) is 20.3. The number of anilines is 1. The Hall–Kier alpha value is -2.87. The molecule has 1 aliphatic carbocycles. The zero-order valence-corrected chi connectivity index (χ0v) is 16.9. The van der Waals surface area contributed by atoms with Crippen LogP contribution in [0, 0.1) is 0 Å². The van der Waals surface area contributed by atoms with Gasteiger partial charge in [0.1, 0.15) is 10.8 Å². The first kappa shape index (κ1) is 19.9. The third kappa shape index (κ3) is 4.17. The van der Waals surface area contributed by atoms with Crippen LogP contribution in [0.1, 0.15) is 44.5 Å². The maximum absolute atomic E-state index is 12.7. The molecule has 3 rings (SSSR count). The lowest BCUT2D eigenvalue weighted by Gasteiger charge is -2.12. The van der Waals surface area contributed by atoms with Gasteiger partial charge in [0.2, 0.25) is 0 Å². The molecule has 0 saturated carbocycles. The van der Waals surface area contributed by atoms with Gasteiger partial charge in [-0.2, -0.15) is 0 Å². The lowest BCUT2D eigenvalue weighted by Crippen LogP contribution is -2.39. The summed E-state index contributed by atoms with van der Waals surface area (Å²) in [6.07, 6.45) is 2.61. The third-order valence-corrected chi connectivity index (χ3v) is 5.64. The summed E-state index contributed by atoms with van der Waals surface area (Å²) in [5.41, 5.74) is 1.79. The second-order valence-corrected chi connectivity index (χ2v) is 7.73. The van der Waals surface area contributed by atoms with Gasteiger partial charge in [0.05, 0.1) is 12.2 Å².